The van der Waals surface area contributed by atoms with Crippen molar-refractivity contribution in [2.45, 2.75) is 63.7 Å². The van der Waals surface area contributed by atoms with Crippen molar-refractivity contribution in [1.29, 1.82) is 0 Å². The van der Waals surface area contributed by atoms with Crippen molar-refractivity contribution in [1.82, 2.24) is 0 Å². The lowest BCUT2D eigenvalue weighted by Gasteiger charge is -2.33. The molecule has 13 heavy (non-hydrogen) atoms. The van der Waals surface area contributed by atoms with Crippen LogP contribution >= 0.6 is 0 Å². The molecular weight excluding hydrogens is 162 g/mol. The van der Waals surface area contributed by atoms with E-state index in [2.05, 4.69) is 13.8 Å². The van der Waals surface area contributed by atoms with E-state index in [-0.39, 0.29) is 5.54 Å². The third-order valence-corrected chi connectivity index (χ3v) is 3.38. The Morgan fingerprint density at radius 2 is 1.77 bits per heavy atom. The van der Waals surface area contributed by atoms with E-state index in [0.717, 1.165) is 5.92 Å². The number of nitrogens with two attached hydrogens (primary N) is 1. The summed E-state index contributed by atoms with van der Waals surface area (Å²) in [5.74, 6) is 0.811. The molecule has 3 atom stereocenters. The Labute approximate surface area is 80.8 Å². The van der Waals surface area contributed by atoms with Crippen molar-refractivity contribution in [2.24, 2.45) is 11.7 Å². The molecule has 1 saturated carbocycles. The van der Waals surface area contributed by atoms with Gasteiger partial charge < -0.3 is 10.5 Å². The van der Waals surface area contributed by atoms with E-state index < -0.39 is 0 Å². The minimum Gasteiger partial charge on any atom is -0.376 e. The monoisotopic (exact) mass is 183 g/mol. The molecule has 2 nitrogen and oxygen atoms in total. The fraction of sp³-hybridized carbons (Fsp3) is 1.00. The lowest BCUT2D eigenvalue weighted by molar-refractivity contribution is -0.0548. The van der Waals surface area contributed by atoms with Crippen LogP contribution in [0.25, 0.3) is 0 Å². The van der Waals surface area contributed by atoms with Crippen LogP contribution in [0.2, 0.25) is 0 Å². The molecule has 0 spiro atoms. The normalized spacial score (nSPS) is 43.2. The van der Waals surface area contributed by atoms with Crippen molar-refractivity contribution in [2.75, 3.05) is 0 Å². The van der Waals surface area contributed by atoms with Gasteiger partial charge in [0.05, 0.1) is 12.2 Å². The Morgan fingerprint density at radius 1 is 1.23 bits per heavy atom. The van der Waals surface area contributed by atoms with Crippen LogP contribution in [0.5, 0.6) is 0 Å². The van der Waals surface area contributed by atoms with Crippen molar-refractivity contribution in [3.05, 3.63) is 0 Å². The summed E-state index contributed by atoms with van der Waals surface area (Å²) in [5, 5.41) is 0. The molecule has 2 heteroatoms. The van der Waals surface area contributed by atoms with Crippen LogP contribution in [0.1, 0.15) is 46.0 Å². The molecule has 76 valence electrons. The van der Waals surface area contributed by atoms with Crippen LogP contribution < -0.4 is 5.73 Å². The molecule has 1 heterocycles. The first kappa shape index (κ1) is 9.47. The molecule has 0 amide bonds. The van der Waals surface area contributed by atoms with Gasteiger partial charge in [0.15, 0.2) is 0 Å². The third kappa shape index (κ3) is 2.44. The number of hydrogen-bond acceptors (Lipinski definition) is 2. The summed E-state index contributed by atoms with van der Waals surface area (Å²) in [6.45, 7) is 4.36. The summed E-state index contributed by atoms with van der Waals surface area (Å²) in [5.41, 5.74) is 6.35. The summed E-state index contributed by atoms with van der Waals surface area (Å²) < 4.78 is 5.71. The van der Waals surface area contributed by atoms with E-state index in [4.69, 9.17) is 10.5 Å². The highest BCUT2D eigenvalue weighted by molar-refractivity contribution is 5.00. The molecule has 2 fully saturated rings. The van der Waals surface area contributed by atoms with E-state index in [1.54, 1.807) is 0 Å². The molecule has 1 unspecified atom stereocenters. The Bertz CT molecular complexity index is 179. The first-order chi connectivity index (χ1) is 6.07. The number of rotatable bonds is 2. The van der Waals surface area contributed by atoms with Crippen LogP contribution in [0, 0.1) is 5.92 Å². The van der Waals surface area contributed by atoms with Gasteiger partial charge in [-0.3, -0.25) is 0 Å². The zero-order chi connectivity index (χ0) is 9.47. The lowest BCUT2D eigenvalue weighted by Crippen LogP contribution is -2.34. The Kier molecular flexibility index (Phi) is 2.37. The van der Waals surface area contributed by atoms with Gasteiger partial charge in [-0.2, -0.15) is 0 Å². The summed E-state index contributed by atoms with van der Waals surface area (Å²) in [7, 11) is 0. The zero-order valence-corrected chi connectivity index (χ0v) is 8.75. The van der Waals surface area contributed by atoms with Gasteiger partial charge in [0.2, 0.25) is 0 Å². The van der Waals surface area contributed by atoms with E-state index in [1.807, 2.05) is 0 Å². The van der Waals surface area contributed by atoms with E-state index in [9.17, 15) is 0 Å². The molecule has 0 aromatic carbocycles. The third-order valence-electron chi connectivity index (χ3n) is 3.38. The topological polar surface area (TPSA) is 35.2 Å². The number of hydrogen-bond donors (Lipinski definition) is 1. The van der Waals surface area contributed by atoms with E-state index >= 15 is 0 Å². The first-order valence-corrected chi connectivity index (χ1v) is 5.52. The molecule has 1 aliphatic carbocycles. The minimum absolute atomic E-state index is 0.224. The van der Waals surface area contributed by atoms with Crippen molar-refractivity contribution in [3.8, 4) is 0 Å². The lowest BCUT2D eigenvalue weighted by atomic mass is 9.86. The molecule has 2 N–H and O–H groups in total. The van der Waals surface area contributed by atoms with Crippen LogP contribution in [0.15, 0.2) is 0 Å². The number of ether oxygens (including phenoxy) is 1. The fourth-order valence-electron chi connectivity index (χ4n) is 2.65. The van der Waals surface area contributed by atoms with Crippen LogP contribution in [0.3, 0.4) is 0 Å². The standard InChI is InChI=1S/C11H21NO/c1-8-5-10(6-9(2)13-8)7-11(12)3-4-11/h8-10H,3-7,12H2,1-2H3/t8-,9+,10?. The largest absolute Gasteiger partial charge is 0.376 e. The highest BCUT2D eigenvalue weighted by Gasteiger charge is 2.41. The molecule has 2 aliphatic rings. The zero-order valence-electron chi connectivity index (χ0n) is 8.75. The molecule has 0 bridgehead atoms. The second-order valence-electron chi connectivity index (χ2n) is 5.16. The van der Waals surface area contributed by atoms with Crippen LogP contribution in [-0.2, 0) is 4.74 Å². The molecule has 1 aliphatic heterocycles. The predicted octanol–water partition coefficient (Wildman–Crippen LogP) is 2.07. The van der Waals surface area contributed by atoms with E-state index in [0.29, 0.717) is 12.2 Å². The molecule has 1 saturated heterocycles. The minimum atomic E-state index is 0.224. The maximum Gasteiger partial charge on any atom is 0.0553 e. The SMILES string of the molecule is C[C@@H]1CC(CC2(N)CC2)C[C@H](C)O1. The van der Waals surface area contributed by atoms with Crippen molar-refractivity contribution in [3.63, 3.8) is 0 Å². The molecular formula is C11H21NO. The molecule has 2 rings (SSSR count). The Morgan fingerprint density at radius 3 is 2.23 bits per heavy atom. The van der Waals surface area contributed by atoms with Gasteiger partial charge >= 0.3 is 0 Å². The van der Waals surface area contributed by atoms with E-state index in [1.165, 1.54) is 32.1 Å². The second-order valence-corrected chi connectivity index (χ2v) is 5.16. The smallest absolute Gasteiger partial charge is 0.0553 e. The maximum absolute atomic E-state index is 6.13. The quantitative estimate of drug-likeness (QED) is 0.711. The van der Waals surface area contributed by atoms with Gasteiger partial charge in [-0.25, -0.2) is 0 Å². The second kappa shape index (κ2) is 3.25. The maximum atomic E-state index is 6.13. The highest BCUT2D eigenvalue weighted by Crippen LogP contribution is 2.41. The van der Waals surface area contributed by atoms with Gasteiger partial charge in [0, 0.05) is 5.54 Å². The van der Waals surface area contributed by atoms with Gasteiger partial charge in [-0.15, -0.1) is 0 Å². The van der Waals surface area contributed by atoms with Crippen molar-refractivity contribution < 1.29 is 4.74 Å². The Hall–Kier alpha value is -0.0800. The van der Waals surface area contributed by atoms with Crippen LogP contribution in [-0.4, -0.2) is 17.7 Å². The highest BCUT2D eigenvalue weighted by atomic mass is 16.5. The van der Waals surface area contributed by atoms with Gasteiger partial charge in [-0.1, -0.05) is 0 Å². The average molecular weight is 183 g/mol. The van der Waals surface area contributed by atoms with Gasteiger partial charge in [0.25, 0.3) is 0 Å². The summed E-state index contributed by atoms with van der Waals surface area (Å²) in [4.78, 5) is 0. The Balaban J connectivity index is 1.84. The van der Waals surface area contributed by atoms with Crippen molar-refractivity contribution >= 4 is 0 Å². The molecule has 0 radical (unpaired) electrons. The van der Waals surface area contributed by atoms with Crippen LogP contribution in [0.4, 0.5) is 0 Å². The van der Waals surface area contributed by atoms with Gasteiger partial charge in [0.1, 0.15) is 0 Å². The fourth-order valence-corrected chi connectivity index (χ4v) is 2.65. The average Bonchev–Trinajstić information content (AvgIpc) is 2.64. The summed E-state index contributed by atoms with van der Waals surface area (Å²) in [6, 6.07) is 0. The summed E-state index contributed by atoms with van der Waals surface area (Å²) in [6.07, 6.45) is 7.02. The summed E-state index contributed by atoms with van der Waals surface area (Å²) >= 11 is 0. The predicted molar refractivity (Wildman–Crippen MR) is 53.5 cm³/mol. The van der Waals surface area contributed by atoms with Gasteiger partial charge in [-0.05, 0) is 51.9 Å². The molecule has 0 aromatic heterocycles. The first-order valence-electron chi connectivity index (χ1n) is 5.52. The molecule has 0 aromatic rings.